The number of likely N-dealkylation sites (tertiary alicyclic amines) is 1. The van der Waals surface area contributed by atoms with Gasteiger partial charge in [-0.25, -0.2) is 9.98 Å². The second kappa shape index (κ2) is 9.98. The monoisotopic (exact) mass is 387 g/mol. The molecule has 1 aliphatic rings. The van der Waals surface area contributed by atoms with Crippen molar-refractivity contribution in [2.24, 2.45) is 4.99 Å². The number of hydrogen-bond acceptors (Lipinski definition) is 4. The maximum Gasteiger partial charge on any atom is 0.422 e. The number of carbonyl (C=O) groups excluding carboxylic acids is 1. The van der Waals surface area contributed by atoms with Crippen LogP contribution in [0.2, 0.25) is 0 Å². The Morgan fingerprint density at radius 3 is 2.74 bits per heavy atom. The summed E-state index contributed by atoms with van der Waals surface area (Å²) < 4.78 is 41.8. The van der Waals surface area contributed by atoms with Crippen molar-refractivity contribution < 1.29 is 22.7 Å². The van der Waals surface area contributed by atoms with Crippen LogP contribution in [0, 0.1) is 0 Å². The minimum atomic E-state index is -4.44. The number of pyridine rings is 1. The van der Waals surface area contributed by atoms with Crippen molar-refractivity contribution >= 4 is 11.9 Å². The third kappa shape index (κ3) is 7.32. The summed E-state index contributed by atoms with van der Waals surface area (Å²) in [5.74, 6) is 0.284. The molecule has 0 bridgehead atoms. The van der Waals surface area contributed by atoms with Crippen LogP contribution in [-0.2, 0) is 11.3 Å². The first-order chi connectivity index (χ1) is 12.9. The van der Waals surface area contributed by atoms with Gasteiger partial charge in [0.05, 0.1) is 13.1 Å². The van der Waals surface area contributed by atoms with E-state index >= 15 is 0 Å². The summed E-state index contributed by atoms with van der Waals surface area (Å²) in [5, 5.41) is 5.95. The van der Waals surface area contributed by atoms with Crippen LogP contribution >= 0.6 is 0 Å². The fourth-order valence-corrected chi connectivity index (χ4v) is 2.57. The zero-order chi connectivity index (χ0) is 19.7. The molecule has 0 atom stereocenters. The zero-order valence-corrected chi connectivity index (χ0v) is 15.2. The molecule has 0 saturated carbocycles. The molecular formula is C17H24F3N5O2. The normalized spacial score (nSPS) is 15.0. The SMILES string of the molecule is CCNC(=NCc1cccnc1OCC(F)(F)F)NCC(=O)N1CCCC1. The Kier molecular flexibility index (Phi) is 7.68. The number of rotatable bonds is 7. The minimum Gasteiger partial charge on any atom is -0.468 e. The van der Waals surface area contributed by atoms with Gasteiger partial charge in [0, 0.05) is 31.4 Å². The third-order valence-corrected chi connectivity index (χ3v) is 3.84. The lowest BCUT2D eigenvalue weighted by Crippen LogP contribution is -2.44. The highest BCUT2D eigenvalue weighted by Crippen LogP contribution is 2.20. The highest BCUT2D eigenvalue weighted by Gasteiger charge is 2.29. The number of hydrogen-bond donors (Lipinski definition) is 2. The summed E-state index contributed by atoms with van der Waals surface area (Å²) in [7, 11) is 0. The minimum absolute atomic E-state index is 0.00585. The molecule has 27 heavy (non-hydrogen) atoms. The lowest BCUT2D eigenvalue weighted by molar-refractivity contribution is -0.154. The molecule has 0 aromatic carbocycles. The molecule has 2 N–H and O–H groups in total. The molecular weight excluding hydrogens is 363 g/mol. The maximum absolute atomic E-state index is 12.4. The summed E-state index contributed by atoms with van der Waals surface area (Å²) in [6.45, 7) is 2.75. The zero-order valence-electron chi connectivity index (χ0n) is 15.2. The van der Waals surface area contributed by atoms with Gasteiger partial charge in [-0.15, -0.1) is 0 Å². The topological polar surface area (TPSA) is 78.9 Å². The van der Waals surface area contributed by atoms with E-state index in [2.05, 4.69) is 20.6 Å². The van der Waals surface area contributed by atoms with Crippen molar-refractivity contribution in [3.63, 3.8) is 0 Å². The van der Waals surface area contributed by atoms with Gasteiger partial charge in [0.15, 0.2) is 12.6 Å². The molecule has 2 rings (SSSR count). The quantitative estimate of drug-likeness (QED) is 0.550. The van der Waals surface area contributed by atoms with Crippen LogP contribution in [0.3, 0.4) is 0 Å². The molecule has 1 fully saturated rings. The molecule has 0 radical (unpaired) electrons. The summed E-state index contributed by atoms with van der Waals surface area (Å²) in [4.78, 5) is 22.0. The van der Waals surface area contributed by atoms with Gasteiger partial charge in [-0.1, -0.05) is 6.07 Å². The molecule has 1 aliphatic heterocycles. The van der Waals surface area contributed by atoms with E-state index < -0.39 is 12.8 Å². The van der Waals surface area contributed by atoms with Crippen molar-refractivity contribution in [1.82, 2.24) is 20.5 Å². The standard InChI is InChI=1S/C17H24F3N5O2/c1-2-21-16(24-11-14(26)25-8-3-4-9-25)23-10-13-6-5-7-22-15(13)27-12-17(18,19)20/h5-7H,2-4,8-12H2,1H3,(H2,21,23,24). The van der Waals surface area contributed by atoms with E-state index in [-0.39, 0.29) is 24.9 Å². The average Bonchev–Trinajstić information content (AvgIpc) is 3.17. The number of alkyl halides is 3. The van der Waals surface area contributed by atoms with E-state index in [0.717, 1.165) is 25.9 Å². The number of carbonyl (C=O) groups is 1. The summed E-state index contributed by atoms with van der Waals surface area (Å²) in [5.41, 5.74) is 0.421. The van der Waals surface area contributed by atoms with Gasteiger partial charge in [-0.2, -0.15) is 13.2 Å². The number of aromatic nitrogens is 1. The molecule has 0 aliphatic carbocycles. The van der Waals surface area contributed by atoms with Crippen LogP contribution in [0.4, 0.5) is 13.2 Å². The Morgan fingerprint density at radius 1 is 1.33 bits per heavy atom. The van der Waals surface area contributed by atoms with Crippen molar-refractivity contribution in [3.8, 4) is 5.88 Å². The van der Waals surface area contributed by atoms with Crippen molar-refractivity contribution in [2.45, 2.75) is 32.5 Å². The van der Waals surface area contributed by atoms with Gasteiger partial charge in [0.25, 0.3) is 0 Å². The molecule has 1 amide bonds. The van der Waals surface area contributed by atoms with Gasteiger partial charge < -0.3 is 20.3 Å². The number of halogens is 3. The summed E-state index contributed by atoms with van der Waals surface area (Å²) in [6.07, 6.45) is -1.05. The average molecular weight is 387 g/mol. The summed E-state index contributed by atoms with van der Waals surface area (Å²) in [6, 6.07) is 3.20. The van der Waals surface area contributed by atoms with Gasteiger partial charge in [0.1, 0.15) is 0 Å². The first-order valence-electron chi connectivity index (χ1n) is 8.82. The number of ether oxygens (including phenoxy) is 1. The van der Waals surface area contributed by atoms with E-state index in [4.69, 9.17) is 4.74 Å². The Hall–Kier alpha value is -2.52. The van der Waals surface area contributed by atoms with Gasteiger partial charge >= 0.3 is 6.18 Å². The molecule has 1 aromatic heterocycles. The molecule has 0 spiro atoms. The predicted molar refractivity (Wildman–Crippen MR) is 94.4 cm³/mol. The Labute approximate surface area is 156 Å². The fraction of sp³-hybridized carbons (Fsp3) is 0.588. The maximum atomic E-state index is 12.4. The number of amides is 1. The first-order valence-corrected chi connectivity index (χ1v) is 8.82. The van der Waals surface area contributed by atoms with Crippen molar-refractivity contribution in [3.05, 3.63) is 23.9 Å². The van der Waals surface area contributed by atoms with E-state index in [1.165, 1.54) is 6.20 Å². The lowest BCUT2D eigenvalue weighted by Gasteiger charge is -2.17. The Morgan fingerprint density at radius 2 is 2.07 bits per heavy atom. The second-order valence-electron chi connectivity index (χ2n) is 6.01. The molecule has 10 heteroatoms. The third-order valence-electron chi connectivity index (χ3n) is 3.84. The van der Waals surface area contributed by atoms with Crippen molar-refractivity contribution in [1.29, 1.82) is 0 Å². The highest BCUT2D eigenvalue weighted by atomic mass is 19.4. The Balaban J connectivity index is 1.96. The van der Waals surface area contributed by atoms with Gasteiger partial charge in [0.2, 0.25) is 11.8 Å². The number of nitrogens with zero attached hydrogens (tertiary/aromatic N) is 3. The predicted octanol–water partition coefficient (Wildman–Crippen LogP) is 1.70. The molecule has 1 aromatic rings. The largest absolute Gasteiger partial charge is 0.468 e. The summed E-state index contributed by atoms with van der Waals surface area (Å²) >= 11 is 0. The van der Waals surface area contributed by atoms with E-state index in [9.17, 15) is 18.0 Å². The Bertz CT molecular complexity index is 646. The molecule has 150 valence electrons. The van der Waals surface area contributed by atoms with E-state index in [1.54, 1.807) is 17.0 Å². The van der Waals surface area contributed by atoms with Crippen molar-refractivity contribution in [2.75, 3.05) is 32.8 Å². The van der Waals surface area contributed by atoms with Crippen LogP contribution in [-0.4, -0.2) is 60.7 Å². The van der Waals surface area contributed by atoms with Gasteiger partial charge in [-0.3, -0.25) is 4.79 Å². The van der Waals surface area contributed by atoms with Crippen LogP contribution in [0.25, 0.3) is 0 Å². The van der Waals surface area contributed by atoms with Crippen LogP contribution < -0.4 is 15.4 Å². The number of guanidine groups is 1. The fourth-order valence-electron chi connectivity index (χ4n) is 2.57. The van der Waals surface area contributed by atoms with Crippen LogP contribution in [0.5, 0.6) is 5.88 Å². The molecule has 2 heterocycles. The van der Waals surface area contributed by atoms with Crippen LogP contribution in [0.1, 0.15) is 25.3 Å². The second-order valence-corrected chi connectivity index (χ2v) is 6.01. The van der Waals surface area contributed by atoms with E-state index in [1.807, 2.05) is 6.92 Å². The number of nitrogens with one attached hydrogen (secondary N) is 2. The smallest absolute Gasteiger partial charge is 0.422 e. The van der Waals surface area contributed by atoms with Crippen LogP contribution in [0.15, 0.2) is 23.3 Å². The molecule has 0 unspecified atom stereocenters. The number of aliphatic imine (C=N–C) groups is 1. The highest BCUT2D eigenvalue weighted by molar-refractivity contribution is 5.86. The molecule has 1 saturated heterocycles. The first kappa shape index (κ1) is 20.8. The molecule has 7 nitrogen and oxygen atoms in total. The van der Waals surface area contributed by atoms with E-state index in [0.29, 0.717) is 18.1 Å². The van der Waals surface area contributed by atoms with Gasteiger partial charge in [-0.05, 0) is 25.8 Å². The lowest BCUT2D eigenvalue weighted by atomic mass is 10.3.